The van der Waals surface area contributed by atoms with E-state index in [-0.39, 0.29) is 41.8 Å². The number of fused-ring (bicyclic) bond motifs is 4. The van der Waals surface area contributed by atoms with E-state index in [0.717, 1.165) is 10.1 Å². The molecule has 4 bridgehead atoms. The number of hydrogen-bond donors (Lipinski definition) is 4. The zero-order chi connectivity index (χ0) is 33.7. The number of H-pyrrole nitrogens is 1. The summed E-state index contributed by atoms with van der Waals surface area (Å²) in [6.45, 7) is 4.27. The molecular formula is C31H34N8O7S. The molecule has 47 heavy (non-hydrogen) atoms. The van der Waals surface area contributed by atoms with Crippen LogP contribution in [0.5, 0.6) is 0 Å². The van der Waals surface area contributed by atoms with Crippen LogP contribution in [-0.2, 0) is 22.6 Å². The highest BCUT2D eigenvalue weighted by molar-refractivity contribution is 7.09. The van der Waals surface area contributed by atoms with Crippen molar-refractivity contribution in [2.24, 2.45) is 5.92 Å². The molecule has 2 atom stereocenters. The second-order valence-corrected chi connectivity index (χ2v) is 12.3. The summed E-state index contributed by atoms with van der Waals surface area (Å²) in [5.74, 6) is -2.21. The fourth-order valence-corrected chi connectivity index (χ4v) is 5.96. The first-order valence-electron chi connectivity index (χ1n) is 14.9. The van der Waals surface area contributed by atoms with E-state index >= 15 is 0 Å². The SMILES string of the molecule is Cc1cn(CC(=O)N2CCNC(=O)c3coc(n3)[C@H](Cc3ccccc3)NC(=O)c3csc(n3)[C@H](C(C)C)NC(=O)C2)c(=O)[nH]c1=O. The van der Waals surface area contributed by atoms with E-state index in [1.165, 1.54) is 35.6 Å². The number of oxazole rings is 1. The minimum Gasteiger partial charge on any atom is -0.446 e. The van der Waals surface area contributed by atoms with Crippen LogP contribution in [0.15, 0.2) is 62.2 Å². The van der Waals surface area contributed by atoms with Gasteiger partial charge in [-0.25, -0.2) is 14.8 Å². The third kappa shape index (κ3) is 8.07. The van der Waals surface area contributed by atoms with Crippen molar-refractivity contribution < 1.29 is 23.6 Å². The number of aryl methyl sites for hydroxylation is 1. The van der Waals surface area contributed by atoms with Gasteiger partial charge in [0.15, 0.2) is 5.69 Å². The molecule has 4 heterocycles. The zero-order valence-corrected chi connectivity index (χ0v) is 26.8. The molecule has 0 saturated heterocycles. The number of aromatic nitrogens is 4. The van der Waals surface area contributed by atoms with Gasteiger partial charge < -0.3 is 25.3 Å². The van der Waals surface area contributed by atoms with E-state index < -0.39 is 60.1 Å². The van der Waals surface area contributed by atoms with Gasteiger partial charge in [0.2, 0.25) is 17.7 Å². The summed E-state index contributed by atoms with van der Waals surface area (Å²) >= 11 is 1.21. The molecule has 0 saturated carbocycles. The predicted molar refractivity (Wildman–Crippen MR) is 170 cm³/mol. The van der Waals surface area contributed by atoms with Crippen LogP contribution < -0.4 is 27.2 Å². The zero-order valence-electron chi connectivity index (χ0n) is 25.9. The van der Waals surface area contributed by atoms with Crippen molar-refractivity contribution in [1.29, 1.82) is 0 Å². The molecule has 1 aliphatic heterocycles. The molecule has 0 spiro atoms. The first-order valence-corrected chi connectivity index (χ1v) is 15.8. The summed E-state index contributed by atoms with van der Waals surface area (Å²) < 4.78 is 6.70. The average molecular weight is 663 g/mol. The lowest BCUT2D eigenvalue weighted by Crippen LogP contribution is -2.47. The van der Waals surface area contributed by atoms with Gasteiger partial charge >= 0.3 is 5.69 Å². The molecule has 4 aromatic rings. The highest BCUT2D eigenvalue weighted by Crippen LogP contribution is 2.26. The van der Waals surface area contributed by atoms with E-state index in [1.54, 1.807) is 5.38 Å². The lowest BCUT2D eigenvalue weighted by atomic mass is 10.0. The number of amides is 4. The minimum absolute atomic E-state index is 0.0463. The van der Waals surface area contributed by atoms with Crippen molar-refractivity contribution in [2.75, 3.05) is 19.6 Å². The van der Waals surface area contributed by atoms with E-state index in [1.807, 2.05) is 44.2 Å². The predicted octanol–water partition coefficient (Wildman–Crippen LogP) is 1.09. The number of nitrogens with one attached hydrogen (secondary N) is 4. The van der Waals surface area contributed by atoms with Crippen molar-refractivity contribution in [3.05, 3.63) is 102 Å². The molecule has 246 valence electrons. The molecule has 3 aromatic heterocycles. The molecular weight excluding hydrogens is 628 g/mol. The molecule has 4 N–H and O–H groups in total. The molecule has 0 fully saturated rings. The van der Waals surface area contributed by atoms with Gasteiger partial charge in [-0.1, -0.05) is 44.2 Å². The number of nitrogens with zero attached hydrogens (tertiary/aromatic N) is 4. The Kier molecular flexibility index (Phi) is 10.1. The largest absolute Gasteiger partial charge is 0.446 e. The maximum Gasteiger partial charge on any atom is 0.328 e. The van der Waals surface area contributed by atoms with E-state index in [9.17, 15) is 28.8 Å². The summed E-state index contributed by atoms with van der Waals surface area (Å²) in [5, 5.41) is 10.6. The molecule has 0 radical (unpaired) electrons. The molecule has 5 rings (SSSR count). The monoisotopic (exact) mass is 662 g/mol. The second kappa shape index (κ2) is 14.4. The van der Waals surface area contributed by atoms with Gasteiger partial charge in [0.05, 0.1) is 12.6 Å². The van der Waals surface area contributed by atoms with Gasteiger partial charge in [0.25, 0.3) is 17.4 Å². The normalized spacial score (nSPS) is 17.8. The second-order valence-electron chi connectivity index (χ2n) is 11.4. The quantitative estimate of drug-likeness (QED) is 0.241. The fraction of sp³-hybridized carbons (Fsp3) is 0.355. The summed E-state index contributed by atoms with van der Waals surface area (Å²) in [4.78, 5) is 89.5. The number of hydrogen-bond acceptors (Lipinski definition) is 10. The Labute approximate surface area is 272 Å². The molecule has 15 nitrogen and oxygen atoms in total. The number of aromatic amines is 1. The van der Waals surface area contributed by atoms with Crippen LogP contribution in [0.3, 0.4) is 0 Å². The molecule has 16 heteroatoms. The van der Waals surface area contributed by atoms with Gasteiger partial charge in [0, 0.05) is 36.7 Å². The molecule has 4 amide bonds. The van der Waals surface area contributed by atoms with Crippen molar-refractivity contribution >= 4 is 35.0 Å². The molecule has 0 unspecified atom stereocenters. The third-order valence-corrected chi connectivity index (χ3v) is 8.42. The number of carbonyl (C=O) groups excluding carboxylic acids is 4. The van der Waals surface area contributed by atoms with Gasteiger partial charge in [0.1, 0.15) is 29.6 Å². The van der Waals surface area contributed by atoms with Crippen molar-refractivity contribution in [3.8, 4) is 0 Å². The Morgan fingerprint density at radius 1 is 1.04 bits per heavy atom. The number of benzene rings is 1. The summed E-state index contributed by atoms with van der Waals surface area (Å²) in [6.07, 6.45) is 2.77. The Morgan fingerprint density at radius 3 is 2.55 bits per heavy atom. The van der Waals surface area contributed by atoms with E-state index in [4.69, 9.17) is 4.42 Å². The summed E-state index contributed by atoms with van der Waals surface area (Å²) in [7, 11) is 0. The van der Waals surface area contributed by atoms with Gasteiger partial charge in [-0.15, -0.1) is 11.3 Å². The lowest BCUT2D eigenvalue weighted by Gasteiger charge is -2.25. The average Bonchev–Trinajstić information content (AvgIpc) is 3.73. The molecule has 1 aromatic carbocycles. The highest BCUT2D eigenvalue weighted by Gasteiger charge is 2.28. The van der Waals surface area contributed by atoms with Crippen LogP contribution in [0.2, 0.25) is 0 Å². The van der Waals surface area contributed by atoms with Crippen LogP contribution in [0.1, 0.15) is 68.9 Å². The van der Waals surface area contributed by atoms with Gasteiger partial charge in [-0.05, 0) is 18.4 Å². The molecule has 0 aliphatic carbocycles. The Balaban J connectivity index is 1.45. The van der Waals surface area contributed by atoms with Crippen LogP contribution in [0.25, 0.3) is 0 Å². The Bertz CT molecular complexity index is 1890. The first kappa shape index (κ1) is 33.0. The number of carbonyl (C=O) groups is 4. The smallest absolute Gasteiger partial charge is 0.328 e. The summed E-state index contributed by atoms with van der Waals surface area (Å²) in [5.41, 5.74) is -0.126. The van der Waals surface area contributed by atoms with Gasteiger partial charge in [-0.2, -0.15) is 0 Å². The van der Waals surface area contributed by atoms with Crippen molar-refractivity contribution in [3.63, 3.8) is 0 Å². The summed E-state index contributed by atoms with van der Waals surface area (Å²) in [6, 6.07) is 8.09. The highest BCUT2D eigenvalue weighted by atomic mass is 32.1. The van der Waals surface area contributed by atoms with Crippen molar-refractivity contribution in [1.82, 2.24) is 40.4 Å². The van der Waals surface area contributed by atoms with Crippen LogP contribution >= 0.6 is 11.3 Å². The Morgan fingerprint density at radius 2 is 1.81 bits per heavy atom. The third-order valence-electron chi connectivity index (χ3n) is 7.49. The molecule has 1 aliphatic rings. The maximum atomic E-state index is 13.4. The first-order chi connectivity index (χ1) is 22.5. The maximum absolute atomic E-state index is 13.4. The minimum atomic E-state index is -0.774. The lowest BCUT2D eigenvalue weighted by molar-refractivity contribution is -0.136. The van der Waals surface area contributed by atoms with Crippen LogP contribution in [-0.4, -0.2) is 67.7 Å². The van der Waals surface area contributed by atoms with Crippen LogP contribution in [0.4, 0.5) is 0 Å². The van der Waals surface area contributed by atoms with Crippen molar-refractivity contribution in [2.45, 2.75) is 45.8 Å². The van der Waals surface area contributed by atoms with Gasteiger partial charge in [-0.3, -0.25) is 33.5 Å². The van der Waals surface area contributed by atoms with E-state index in [0.29, 0.717) is 11.4 Å². The topological polar surface area (TPSA) is 201 Å². The number of thiazole rings is 1. The van der Waals surface area contributed by atoms with Crippen LogP contribution in [0, 0.1) is 12.8 Å². The fourth-order valence-electron chi connectivity index (χ4n) is 4.94. The standard InChI is InChI=1S/C31H34N8O7S/c1-17(2)25-30-35-22(16-47-30)28(44)33-20(11-19-7-5-4-6-8-19)29-34-21(15-46-29)27(43)32-9-10-38(13-23(40)36-25)24(41)14-39-12-18(3)26(42)37-31(39)45/h4-8,12,15-17,20,25H,9-11,13-14H2,1-3H3,(H,32,43)(H,33,44)(H,36,40)(H,37,42,45)/t20-,25-/m0/s1. The van der Waals surface area contributed by atoms with E-state index in [2.05, 4.69) is 30.9 Å². The number of rotatable bonds is 5. The Hall–Kier alpha value is -5.38.